The van der Waals surface area contributed by atoms with Gasteiger partial charge in [0.1, 0.15) is 0 Å². The quantitative estimate of drug-likeness (QED) is 0.418. The van der Waals surface area contributed by atoms with Gasteiger partial charge < -0.3 is 15.7 Å². The normalized spacial score (nSPS) is 10.4. The number of anilines is 2. The van der Waals surface area contributed by atoms with Gasteiger partial charge in [-0.05, 0) is 48.0 Å². The highest BCUT2D eigenvalue weighted by atomic mass is 35.5. The number of carboxylic acid groups (broad SMARTS) is 1. The molecule has 31 heavy (non-hydrogen) atoms. The Morgan fingerprint density at radius 1 is 0.839 bits per heavy atom. The summed E-state index contributed by atoms with van der Waals surface area (Å²) < 4.78 is 0. The van der Waals surface area contributed by atoms with Crippen LogP contribution in [-0.4, -0.2) is 28.6 Å². The van der Waals surface area contributed by atoms with Crippen LogP contribution in [-0.2, 0) is 16.0 Å². The zero-order valence-electron chi connectivity index (χ0n) is 16.3. The lowest BCUT2D eigenvalue weighted by Crippen LogP contribution is -2.15. The molecule has 0 radical (unpaired) electrons. The Kier molecular flexibility index (Phi) is 7.70. The first-order valence-electron chi connectivity index (χ1n) is 9.30. The fraction of sp³-hybridized carbons (Fsp3) is 0.0870. The largest absolute Gasteiger partial charge is 0.478 e. The van der Waals surface area contributed by atoms with Gasteiger partial charge in [-0.2, -0.15) is 0 Å². The van der Waals surface area contributed by atoms with Crippen molar-refractivity contribution < 1.29 is 19.5 Å². The number of aromatic carboxylic acids is 1. The van der Waals surface area contributed by atoms with Crippen molar-refractivity contribution in [2.45, 2.75) is 11.3 Å². The Bertz CT molecular complexity index is 1090. The van der Waals surface area contributed by atoms with Crippen LogP contribution >= 0.6 is 23.4 Å². The van der Waals surface area contributed by atoms with Crippen LogP contribution < -0.4 is 10.6 Å². The number of nitrogens with one attached hydrogen (secondary N) is 2. The first kappa shape index (κ1) is 22.4. The summed E-state index contributed by atoms with van der Waals surface area (Å²) in [5.74, 6) is -1.39. The number of halogens is 1. The number of thioether (sulfide) groups is 1. The summed E-state index contributed by atoms with van der Waals surface area (Å²) >= 11 is 7.15. The summed E-state index contributed by atoms with van der Waals surface area (Å²) in [6.45, 7) is 0. The van der Waals surface area contributed by atoms with Crippen LogP contribution in [0.4, 0.5) is 11.4 Å². The Morgan fingerprint density at radius 2 is 1.48 bits per heavy atom. The molecular formula is C23H19ClN2O4S. The van der Waals surface area contributed by atoms with Gasteiger partial charge in [0, 0.05) is 16.3 Å². The fourth-order valence-electron chi connectivity index (χ4n) is 2.73. The molecule has 3 N–H and O–H groups in total. The summed E-state index contributed by atoms with van der Waals surface area (Å²) in [6, 6.07) is 21.0. The third-order valence-corrected chi connectivity index (χ3v) is 5.54. The molecule has 3 aromatic carbocycles. The van der Waals surface area contributed by atoms with Crippen LogP contribution in [0.25, 0.3) is 0 Å². The van der Waals surface area contributed by atoms with E-state index in [1.807, 2.05) is 42.5 Å². The van der Waals surface area contributed by atoms with E-state index < -0.39 is 5.97 Å². The first-order valence-corrected chi connectivity index (χ1v) is 10.7. The van der Waals surface area contributed by atoms with Crippen LogP contribution in [0.2, 0.25) is 5.02 Å². The second kappa shape index (κ2) is 10.7. The molecule has 0 aliphatic carbocycles. The monoisotopic (exact) mass is 454 g/mol. The molecule has 3 aromatic rings. The number of carboxylic acids is 1. The van der Waals surface area contributed by atoms with Crippen LogP contribution in [0.1, 0.15) is 15.9 Å². The van der Waals surface area contributed by atoms with Crippen molar-refractivity contribution in [3.63, 3.8) is 0 Å². The molecule has 0 saturated heterocycles. The van der Waals surface area contributed by atoms with Gasteiger partial charge in [0.15, 0.2) is 0 Å². The van der Waals surface area contributed by atoms with E-state index in [1.165, 1.54) is 23.9 Å². The minimum atomic E-state index is -1.16. The maximum Gasteiger partial charge on any atom is 0.337 e. The van der Waals surface area contributed by atoms with E-state index in [4.69, 9.17) is 16.7 Å². The second-order valence-electron chi connectivity index (χ2n) is 6.57. The minimum Gasteiger partial charge on any atom is -0.478 e. The van der Waals surface area contributed by atoms with Crippen molar-refractivity contribution >= 4 is 52.5 Å². The third kappa shape index (κ3) is 6.87. The van der Waals surface area contributed by atoms with Gasteiger partial charge in [-0.25, -0.2) is 4.79 Å². The molecule has 0 spiro atoms. The molecule has 0 unspecified atom stereocenters. The van der Waals surface area contributed by atoms with Crippen LogP contribution in [0.3, 0.4) is 0 Å². The van der Waals surface area contributed by atoms with Gasteiger partial charge in [-0.1, -0.05) is 41.9 Å². The number of rotatable bonds is 8. The maximum absolute atomic E-state index is 12.2. The molecule has 3 rings (SSSR count). The topological polar surface area (TPSA) is 95.5 Å². The summed E-state index contributed by atoms with van der Waals surface area (Å²) in [5, 5.41) is 14.7. The molecule has 0 saturated carbocycles. The number of hydrogen-bond acceptors (Lipinski definition) is 4. The van der Waals surface area contributed by atoms with Crippen molar-refractivity contribution in [1.82, 2.24) is 0 Å². The molecule has 0 atom stereocenters. The minimum absolute atomic E-state index is 0.0722. The van der Waals surface area contributed by atoms with E-state index in [2.05, 4.69) is 10.6 Å². The van der Waals surface area contributed by atoms with Gasteiger partial charge in [-0.3, -0.25) is 9.59 Å². The first-order chi connectivity index (χ1) is 14.9. The smallest absolute Gasteiger partial charge is 0.337 e. The molecular weight excluding hydrogens is 436 g/mol. The van der Waals surface area contributed by atoms with E-state index in [1.54, 1.807) is 18.2 Å². The Labute approximate surface area is 188 Å². The number of carbonyl (C=O) groups is 3. The summed E-state index contributed by atoms with van der Waals surface area (Å²) in [4.78, 5) is 36.3. The van der Waals surface area contributed by atoms with Crippen molar-refractivity contribution in [3.05, 3.63) is 88.9 Å². The highest BCUT2D eigenvalue weighted by molar-refractivity contribution is 8.00. The predicted molar refractivity (Wildman–Crippen MR) is 123 cm³/mol. The highest BCUT2D eigenvalue weighted by Crippen LogP contribution is 2.23. The Hall–Kier alpha value is -3.29. The Balaban J connectivity index is 1.48. The molecule has 0 fully saturated rings. The van der Waals surface area contributed by atoms with Crippen molar-refractivity contribution in [2.24, 2.45) is 0 Å². The van der Waals surface area contributed by atoms with Crippen molar-refractivity contribution in [1.29, 1.82) is 0 Å². The number of hydrogen-bond donors (Lipinski definition) is 3. The molecule has 6 nitrogen and oxygen atoms in total. The van der Waals surface area contributed by atoms with Gasteiger partial charge in [0.2, 0.25) is 11.8 Å². The van der Waals surface area contributed by atoms with E-state index in [9.17, 15) is 14.4 Å². The lowest BCUT2D eigenvalue weighted by molar-refractivity contribution is -0.115. The molecule has 0 aliphatic rings. The van der Waals surface area contributed by atoms with Crippen LogP contribution in [0, 0.1) is 0 Å². The van der Waals surface area contributed by atoms with E-state index in [-0.39, 0.29) is 28.2 Å². The standard InChI is InChI=1S/C23H19ClN2O4S/c24-20-11-8-17(13-19(20)23(29)30)26-22(28)14-31-18-9-6-16(7-10-18)25-21(27)12-15-4-2-1-3-5-15/h1-11,13H,12,14H2,(H,25,27)(H,26,28)(H,29,30). The summed E-state index contributed by atoms with van der Waals surface area (Å²) in [5.41, 5.74) is 1.91. The molecule has 0 heterocycles. The van der Waals surface area contributed by atoms with Gasteiger partial charge >= 0.3 is 5.97 Å². The second-order valence-corrected chi connectivity index (χ2v) is 8.03. The van der Waals surface area contributed by atoms with Crippen LogP contribution in [0.5, 0.6) is 0 Å². The average molecular weight is 455 g/mol. The zero-order chi connectivity index (χ0) is 22.2. The molecule has 0 aliphatic heterocycles. The van der Waals surface area contributed by atoms with Gasteiger partial charge in [0.25, 0.3) is 0 Å². The summed E-state index contributed by atoms with van der Waals surface area (Å²) in [6.07, 6.45) is 0.297. The van der Waals surface area contributed by atoms with E-state index >= 15 is 0 Å². The van der Waals surface area contributed by atoms with E-state index in [0.29, 0.717) is 17.8 Å². The maximum atomic E-state index is 12.2. The molecule has 8 heteroatoms. The van der Waals surface area contributed by atoms with Crippen molar-refractivity contribution in [2.75, 3.05) is 16.4 Å². The fourth-order valence-corrected chi connectivity index (χ4v) is 3.63. The van der Waals surface area contributed by atoms with Gasteiger partial charge in [0.05, 0.1) is 22.8 Å². The molecule has 158 valence electrons. The molecule has 0 bridgehead atoms. The third-order valence-electron chi connectivity index (χ3n) is 4.20. The van der Waals surface area contributed by atoms with Crippen LogP contribution in [0.15, 0.2) is 77.7 Å². The number of amides is 2. The van der Waals surface area contributed by atoms with E-state index in [0.717, 1.165) is 10.5 Å². The average Bonchev–Trinajstić information content (AvgIpc) is 2.75. The highest BCUT2D eigenvalue weighted by Gasteiger charge is 2.11. The lowest BCUT2D eigenvalue weighted by Gasteiger charge is -2.08. The lowest BCUT2D eigenvalue weighted by atomic mass is 10.1. The SMILES string of the molecule is O=C(CSc1ccc(NC(=O)Cc2ccccc2)cc1)Nc1ccc(Cl)c(C(=O)O)c1. The number of benzene rings is 3. The predicted octanol–water partition coefficient (Wildman–Crippen LogP) is 4.95. The Morgan fingerprint density at radius 3 is 2.16 bits per heavy atom. The number of carbonyl (C=O) groups excluding carboxylic acids is 2. The summed E-state index contributed by atoms with van der Waals surface area (Å²) in [7, 11) is 0. The van der Waals surface area contributed by atoms with Crippen molar-refractivity contribution in [3.8, 4) is 0 Å². The molecule has 0 aromatic heterocycles. The van der Waals surface area contributed by atoms with Gasteiger partial charge in [-0.15, -0.1) is 11.8 Å². The zero-order valence-corrected chi connectivity index (χ0v) is 17.9. The molecule has 2 amide bonds.